The molecule has 1 N–H and O–H groups in total. The van der Waals surface area contributed by atoms with Gasteiger partial charge in [0, 0.05) is 19.6 Å². The molecule has 6 heteroatoms. The number of rotatable bonds is 5. The Morgan fingerprint density at radius 3 is 2.92 bits per heavy atom. The molecule has 5 nitrogen and oxygen atoms in total. The van der Waals surface area contributed by atoms with Gasteiger partial charge in [0.25, 0.3) is 0 Å². The van der Waals surface area contributed by atoms with Gasteiger partial charge in [-0.3, -0.25) is 9.69 Å². The van der Waals surface area contributed by atoms with Gasteiger partial charge in [-0.1, -0.05) is 6.07 Å². The molecule has 24 heavy (non-hydrogen) atoms. The van der Waals surface area contributed by atoms with E-state index >= 15 is 0 Å². The predicted octanol–water partition coefficient (Wildman–Crippen LogP) is 2.22. The number of hydrogen-bond donors (Lipinski definition) is 1. The number of aliphatic hydroxyl groups is 1. The standard InChI is InChI=1S/C18H23NO4.ClH/c1-3-23-18(21)16-11-19(7-6-17(16)20)10-13-8-12-4-5-14(22-2)9-15(12)13;/h4-5,8-9,16-17,20H,3,6-7,10-11H2,1-2H3;1H/t16-,17+;/m1./s1. The molecule has 0 unspecified atom stereocenters. The number of hydrogen-bond acceptors (Lipinski definition) is 5. The Bertz CT molecular complexity index is 631. The van der Waals surface area contributed by atoms with Crippen LogP contribution >= 0.6 is 12.4 Å². The molecule has 3 rings (SSSR count). The van der Waals surface area contributed by atoms with Crippen molar-refractivity contribution in [3.05, 3.63) is 29.3 Å². The Balaban J connectivity index is 0.00000208. The Labute approximate surface area is 148 Å². The molecule has 0 radical (unpaired) electrons. The van der Waals surface area contributed by atoms with Crippen molar-refractivity contribution in [3.8, 4) is 5.75 Å². The summed E-state index contributed by atoms with van der Waals surface area (Å²) in [7, 11) is 1.67. The van der Waals surface area contributed by atoms with Crippen LogP contribution in [0, 0.1) is 5.92 Å². The van der Waals surface area contributed by atoms with E-state index in [1.807, 2.05) is 12.1 Å². The van der Waals surface area contributed by atoms with Crippen LogP contribution in [0.4, 0.5) is 0 Å². The minimum atomic E-state index is -0.604. The first-order valence-corrected chi connectivity index (χ1v) is 8.08. The average Bonchev–Trinajstić information content (AvgIpc) is 2.54. The van der Waals surface area contributed by atoms with Gasteiger partial charge in [-0.05, 0) is 48.3 Å². The number of halogens is 1. The highest BCUT2D eigenvalue weighted by molar-refractivity contribution is 5.96. The summed E-state index contributed by atoms with van der Waals surface area (Å²) in [4.78, 5) is 14.2. The fourth-order valence-corrected chi connectivity index (χ4v) is 3.26. The van der Waals surface area contributed by atoms with Crippen LogP contribution in [-0.4, -0.2) is 55.4 Å². The van der Waals surface area contributed by atoms with Crippen molar-refractivity contribution in [3.63, 3.8) is 0 Å². The van der Waals surface area contributed by atoms with Crippen molar-refractivity contribution in [1.29, 1.82) is 0 Å². The number of esters is 1. The smallest absolute Gasteiger partial charge is 0.312 e. The summed E-state index contributed by atoms with van der Waals surface area (Å²) in [5.74, 6) is 0.108. The van der Waals surface area contributed by atoms with Gasteiger partial charge in [-0.2, -0.15) is 0 Å². The van der Waals surface area contributed by atoms with Gasteiger partial charge in [0.2, 0.25) is 0 Å². The summed E-state index contributed by atoms with van der Waals surface area (Å²) in [5.41, 5.74) is 3.68. The van der Waals surface area contributed by atoms with Crippen molar-refractivity contribution in [2.75, 3.05) is 33.4 Å². The Kier molecular flexibility index (Phi) is 6.27. The molecule has 0 amide bonds. The van der Waals surface area contributed by atoms with Crippen molar-refractivity contribution in [2.24, 2.45) is 5.92 Å². The molecule has 1 fully saturated rings. The highest BCUT2D eigenvalue weighted by atomic mass is 35.5. The number of methoxy groups -OCH3 is 1. The van der Waals surface area contributed by atoms with E-state index in [1.54, 1.807) is 14.0 Å². The normalized spacial score (nSPS) is 22.5. The van der Waals surface area contributed by atoms with Gasteiger partial charge in [-0.25, -0.2) is 0 Å². The Morgan fingerprint density at radius 2 is 2.21 bits per heavy atom. The van der Waals surface area contributed by atoms with E-state index in [2.05, 4.69) is 17.0 Å². The number of carbonyl (C=O) groups excluding carboxylic acids is 1. The van der Waals surface area contributed by atoms with Crippen molar-refractivity contribution < 1.29 is 19.4 Å². The molecule has 2 aliphatic rings. The maximum absolute atomic E-state index is 12.0. The van der Waals surface area contributed by atoms with E-state index in [-0.39, 0.29) is 18.4 Å². The van der Waals surface area contributed by atoms with Crippen LogP contribution in [0.15, 0.2) is 18.2 Å². The number of ether oxygens (including phenoxy) is 2. The lowest BCUT2D eigenvalue weighted by Gasteiger charge is -2.36. The zero-order chi connectivity index (χ0) is 16.4. The fraction of sp³-hybridized carbons (Fsp3) is 0.500. The molecular weight excluding hydrogens is 330 g/mol. The van der Waals surface area contributed by atoms with E-state index < -0.39 is 12.0 Å². The molecule has 0 saturated carbocycles. The van der Waals surface area contributed by atoms with Crippen LogP contribution in [-0.2, 0) is 9.53 Å². The number of fused-ring (bicyclic) bond motifs is 1. The van der Waals surface area contributed by atoms with E-state index in [1.165, 1.54) is 16.7 Å². The highest BCUT2D eigenvalue weighted by Crippen LogP contribution is 2.36. The van der Waals surface area contributed by atoms with Crippen LogP contribution in [0.5, 0.6) is 5.75 Å². The van der Waals surface area contributed by atoms with Crippen LogP contribution in [0.2, 0.25) is 0 Å². The number of piperidine rings is 1. The topological polar surface area (TPSA) is 59.0 Å². The average molecular weight is 354 g/mol. The molecule has 132 valence electrons. The number of aliphatic hydroxyl groups excluding tert-OH is 1. The van der Waals surface area contributed by atoms with E-state index in [9.17, 15) is 9.90 Å². The van der Waals surface area contributed by atoms with E-state index in [0.29, 0.717) is 19.6 Å². The third-order valence-corrected chi connectivity index (χ3v) is 4.58. The van der Waals surface area contributed by atoms with Crippen LogP contribution < -0.4 is 4.74 Å². The first-order valence-electron chi connectivity index (χ1n) is 8.08. The lowest BCUT2D eigenvalue weighted by atomic mass is 9.87. The van der Waals surface area contributed by atoms with Gasteiger partial charge >= 0.3 is 5.97 Å². The molecule has 1 aromatic carbocycles. The molecule has 1 aliphatic heterocycles. The maximum Gasteiger partial charge on any atom is 0.312 e. The van der Waals surface area contributed by atoms with Crippen LogP contribution in [0.3, 0.4) is 0 Å². The molecule has 1 aliphatic carbocycles. The molecule has 2 atom stereocenters. The van der Waals surface area contributed by atoms with Gasteiger partial charge < -0.3 is 14.6 Å². The summed E-state index contributed by atoms with van der Waals surface area (Å²) < 4.78 is 10.4. The van der Waals surface area contributed by atoms with Crippen LogP contribution in [0.25, 0.3) is 11.6 Å². The molecule has 1 aromatic rings. The quantitative estimate of drug-likeness (QED) is 0.822. The third-order valence-electron chi connectivity index (χ3n) is 4.58. The number of likely N-dealkylation sites (tertiary alicyclic amines) is 1. The van der Waals surface area contributed by atoms with E-state index in [4.69, 9.17) is 9.47 Å². The summed E-state index contributed by atoms with van der Waals surface area (Å²) in [6.45, 7) is 4.24. The molecule has 1 heterocycles. The second-order valence-electron chi connectivity index (χ2n) is 6.07. The zero-order valence-corrected chi connectivity index (χ0v) is 14.8. The zero-order valence-electron chi connectivity index (χ0n) is 14.0. The van der Waals surface area contributed by atoms with Gasteiger partial charge in [-0.15, -0.1) is 12.4 Å². The van der Waals surface area contributed by atoms with Gasteiger partial charge in [0.15, 0.2) is 0 Å². The summed E-state index contributed by atoms with van der Waals surface area (Å²) in [5, 5.41) is 10.1. The lowest BCUT2D eigenvalue weighted by molar-refractivity contribution is -0.155. The number of nitrogens with zero attached hydrogens (tertiary/aromatic N) is 1. The minimum absolute atomic E-state index is 0. The van der Waals surface area contributed by atoms with E-state index in [0.717, 1.165) is 18.8 Å². The summed E-state index contributed by atoms with van der Waals surface area (Å²) in [6, 6.07) is 6.06. The second-order valence-corrected chi connectivity index (χ2v) is 6.07. The molecule has 0 aromatic heterocycles. The monoisotopic (exact) mass is 353 g/mol. The SMILES string of the molecule is CCOC(=O)[C@@H]1CN(CC2=Cc3ccc(OC)cc32)CC[C@@H]1O.Cl. The predicted molar refractivity (Wildman–Crippen MR) is 95.3 cm³/mol. The fourth-order valence-electron chi connectivity index (χ4n) is 3.26. The highest BCUT2D eigenvalue weighted by Gasteiger charge is 2.35. The first-order chi connectivity index (χ1) is 11.1. The number of benzene rings is 1. The van der Waals surface area contributed by atoms with Gasteiger partial charge in [0.05, 0.1) is 25.7 Å². The lowest BCUT2D eigenvalue weighted by Crippen LogP contribution is -2.47. The maximum atomic E-state index is 12.0. The molecule has 0 bridgehead atoms. The van der Waals surface area contributed by atoms with Crippen molar-refractivity contribution in [1.82, 2.24) is 4.90 Å². The van der Waals surface area contributed by atoms with Crippen molar-refractivity contribution >= 4 is 30.0 Å². The first kappa shape index (κ1) is 18.8. The largest absolute Gasteiger partial charge is 0.497 e. The number of carbonyl (C=O) groups is 1. The Hall–Kier alpha value is -1.56. The van der Waals surface area contributed by atoms with Crippen molar-refractivity contribution in [2.45, 2.75) is 19.4 Å². The minimum Gasteiger partial charge on any atom is -0.497 e. The molecule has 0 spiro atoms. The van der Waals surface area contributed by atoms with Gasteiger partial charge in [0.1, 0.15) is 5.75 Å². The second kappa shape index (κ2) is 8.01. The molecule has 1 saturated heterocycles. The third kappa shape index (κ3) is 3.74. The summed E-state index contributed by atoms with van der Waals surface area (Å²) >= 11 is 0. The van der Waals surface area contributed by atoms with Crippen LogP contribution in [0.1, 0.15) is 24.5 Å². The summed E-state index contributed by atoms with van der Waals surface area (Å²) in [6.07, 6.45) is 2.16. The Morgan fingerprint density at radius 1 is 1.42 bits per heavy atom. The molecular formula is C18H24ClNO4.